The zero-order chi connectivity index (χ0) is 21.0. The van der Waals surface area contributed by atoms with Crippen molar-refractivity contribution in [3.8, 4) is 0 Å². The van der Waals surface area contributed by atoms with Crippen molar-refractivity contribution in [2.45, 2.75) is 115 Å². The van der Waals surface area contributed by atoms with Crippen molar-refractivity contribution in [3.05, 3.63) is 0 Å². The SMILES string of the molecule is CC(C)CCCC(C)C1CCC2C3CCC4CC(I)C(O)CC4(C)C3CCC12C. The molecule has 4 rings (SSSR count). The summed E-state index contributed by atoms with van der Waals surface area (Å²) in [5, 5.41) is 10.7. The van der Waals surface area contributed by atoms with Crippen LogP contribution in [0.4, 0.5) is 0 Å². The Morgan fingerprint density at radius 1 is 0.931 bits per heavy atom. The number of fused-ring (bicyclic) bond motifs is 5. The number of hydrogen-bond acceptors (Lipinski definition) is 1. The summed E-state index contributed by atoms with van der Waals surface area (Å²) in [7, 11) is 0. The molecule has 0 heterocycles. The number of halogens is 1. The van der Waals surface area contributed by atoms with E-state index in [9.17, 15) is 5.11 Å². The first-order chi connectivity index (χ1) is 13.7. The van der Waals surface area contributed by atoms with Gasteiger partial charge < -0.3 is 5.11 Å². The van der Waals surface area contributed by atoms with Gasteiger partial charge >= 0.3 is 0 Å². The second-order valence-electron chi connectivity index (χ2n) is 12.7. The lowest BCUT2D eigenvalue weighted by molar-refractivity contribution is -0.130. The fourth-order valence-corrected chi connectivity index (χ4v) is 10.1. The first kappa shape index (κ1) is 22.9. The van der Waals surface area contributed by atoms with E-state index in [4.69, 9.17) is 0 Å². The number of alkyl halides is 1. The highest BCUT2D eigenvalue weighted by atomic mass is 127. The lowest BCUT2D eigenvalue weighted by Gasteiger charge is -2.61. The maximum Gasteiger partial charge on any atom is 0.0663 e. The standard InChI is InChI=1S/C27H47IO/c1-17(2)7-6-8-18(3)21-11-12-22-20-10-9-19-15-24(28)25(29)16-27(19,5)23(20)13-14-26(21,22)4/h17-25,29H,6-16H2,1-5H3. The molecule has 29 heavy (non-hydrogen) atoms. The van der Waals surface area contributed by atoms with Crippen LogP contribution >= 0.6 is 22.6 Å². The molecule has 4 aliphatic rings. The van der Waals surface area contributed by atoms with E-state index in [1.807, 2.05) is 0 Å². The average molecular weight is 515 g/mol. The van der Waals surface area contributed by atoms with Crippen LogP contribution in [0.5, 0.6) is 0 Å². The molecule has 0 radical (unpaired) electrons. The molecule has 4 saturated carbocycles. The summed E-state index contributed by atoms with van der Waals surface area (Å²) in [6, 6.07) is 0. The fraction of sp³-hybridized carbons (Fsp3) is 1.00. The molecule has 0 spiro atoms. The van der Waals surface area contributed by atoms with Gasteiger partial charge in [0.15, 0.2) is 0 Å². The predicted octanol–water partition coefficient (Wildman–Crippen LogP) is 7.88. The molecule has 0 aromatic carbocycles. The van der Waals surface area contributed by atoms with Crippen molar-refractivity contribution in [2.75, 3.05) is 0 Å². The smallest absolute Gasteiger partial charge is 0.0663 e. The largest absolute Gasteiger partial charge is 0.392 e. The van der Waals surface area contributed by atoms with Crippen LogP contribution in [-0.4, -0.2) is 15.1 Å². The lowest BCUT2D eigenvalue weighted by Crippen LogP contribution is -2.56. The molecule has 1 nitrogen and oxygen atoms in total. The number of rotatable bonds is 5. The average Bonchev–Trinajstić information content (AvgIpc) is 3.00. The second kappa shape index (κ2) is 8.56. The van der Waals surface area contributed by atoms with Gasteiger partial charge in [-0.25, -0.2) is 0 Å². The number of aliphatic hydroxyl groups is 1. The summed E-state index contributed by atoms with van der Waals surface area (Å²) in [6.45, 7) is 12.6. The van der Waals surface area contributed by atoms with Crippen LogP contribution < -0.4 is 0 Å². The summed E-state index contributed by atoms with van der Waals surface area (Å²) < 4.78 is 0.485. The van der Waals surface area contributed by atoms with Crippen LogP contribution in [0.1, 0.15) is 105 Å². The number of aliphatic hydroxyl groups excluding tert-OH is 1. The molecule has 0 bridgehead atoms. The van der Waals surface area contributed by atoms with Gasteiger partial charge in [0.25, 0.3) is 0 Å². The van der Waals surface area contributed by atoms with Gasteiger partial charge in [-0.3, -0.25) is 0 Å². The van der Waals surface area contributed by atoms with Crippen LogP contribution in [-0.2, 0) is 0 Å². The Kier molecular flexibility index (Phi) is 6.75. The Morgan fingerprint density at radius 2 is 1.66 bits per heavy atom. The Balaban J connectivity index is 1.47. The Bertz CT molecular complexity index is 575. The van der Waals surface area contributed by atoms with Crippen LogP contribution in [0.15, 0.2) is 0 Å². The van der Waals surface area contributed by atoms with Gasteiger partial charge in [0.1, 0.15) is 0 Å². The van der Waals surface area contributed by atoms with E-state index >= 15 is 0 Å². The van der Waals surface area contributed by atoms with E-state index in [2.05, 4.69) is 57.2 Å². The van der Waals surface area contributed by atoms with Crippen molar-refractivity contribution in [1.29, 1.82) is 0 Å². The van der Waals surface area contributed by atoms with Gasteiger partial charge in [0.2, 0.25) is 0 Å². The maximum atomic E-state index is 10.7. The monoisotopic (exact) mass is 514 g/mol. The highest BCUT2D eigenvalue weighted by molar-refractivity contribution is 14.1. The molecule has 0 aromatic heterocycles. The predicted molar refractivity (Wildman–Crippen MR) is 132 cm³/mol. The van der Waals surface area contributed by atoms with Crippen molar-refractivity contribution >= 4 is 22.6 Å². The van der Waals surface area contributed by atoms with Crippen molar-refractivity contribution in [1.82, 2.24) is 0 Å². The molecular formula is C27H47IO. The lowest BCUT2D eigenvalue weighted by atomic mass is 9.44. The minimum atomic E-state index is -0.0683. The van der Waals surface area contributed by atoms with Gasteiger partial charge in [-0.15, -0.1) is 0 Å². The van der Waals surface area contributed by atoms with Gasteiger partial charge in [-0.2, -0.15) is 0 Å². The molecule has 0 amide bonds. The molecule has 4 aliphatic carbocycles. The molecule has 10 unspecified atom stereocenters. The third kappa shape index (κ3) is 3.98. The first-order valence-electron chi connectivity index (χ1n) is 13.0. The quantitative estimate of drug-likeness (QED) is 0.292. The molecule has 0 aliphatic heterocycles. The second-order valence-corrected chi connectivity index (χ2v) is 14.3. The molecule has 2 heteroatoms. The van der Waals surface area contributed by atoms with Crippen molar-refractivity contribution in [2.24, 2.45) is 52.3 Å². The van der Waals surface area contributed by atoms with E-state index < -0.39 is 0 Å². The van der Waals surface area contributed by atoms with Crippen LogP contribution in [0.3, 0.4) is 0 Å². The van der Waals surface area contributed by atoms with Crippen LogP contribution in [0.25, 0.3) is 0 Å². The van der Waals surface area contributed by atoms with Gasteiger partial charge in [0, 0.05) is 3.92 Å². The third-order valence-corrected chi connectivity index (χ3v) is 12.2. The summed E-state index contributed by atoms with van der Waals surface area (Å²) in [5.74, 6) is 6.38. The van der Waals surface area contributed by atoms with Crippen LogP contribution in [0.2, 0.25) is 0 Å². The summed E-state index contributed by atoms with van der Waals surface area (Å²) in [5.41, 5.74) is 1.01. The molecule has 4 fully saturated rings. The number of hydrogen-bond donors (Lipinski definition) is 1. The van der Waals surface area contributed by atoms with Crippen molar-refractivity contribution < 1.29 is 5.11 Å². The van der Waals surface area contributed by atoms with E-state index in [0.29, 0.717) is 14.8 Å². The van der Waals surface area contributed by atoms with Gasteiger partial charge in [-0.05, 0) is 104 Å². The van der Waals surface area contributed by atoms with Crippen LogP contribution in [0, 0.1) is 52.3 Å². The fourth-order valence-electron chi connectivity index (χ4n) is 9.27. The normalized spacial score (nSPS) is 50.7. The Morgan fingerprint density at radius 3 is 2.38 bits per heavy atom. The minimum absolute atomic E-state index is 0.0683. The highest BCUT2D eigenvalue weighted by Gasteiger charge is 2.61. The summed E-state index contributed by atoms with van der Waals surface area (Å²) in [6.07, 6.45) is 15.4. The summed E-state index contributed by atoms with van der Waals surface area (Å²) in [4.78, 5) is 0. The first-order valence-corrected chi connectivity index (χ1v) is 14.2. The van der Waals surface area contributed by atoms with Gasteiger partial charge in [-0.1, -0.05) is 76.5 Å². The van der Waals surface area contributed by atoms with E-state index in [1.165, 1.54) is 64.2 Å². The minimum Gasteiger partial charge on any atom is -0.392 e. The maximum absolute atomic E-state index is 10.7. The molecule has 168 valence electrons. The topological polar surface area (TPSA) is 20.2 Å². The zero-order valence-electron chi connectivity index (χ0n) is 19.8. The Hall–Kier alpha value is 0.690. The highest BCUT2D eigenvalue weighted by Crippen LogP contribution is 2.68. The summed E-state index contributed by atoms with van der Waals surface area (Å²) >= 11 is 2.53. The van der Waals surface area contributed by atoms with E-state index in [0.717, 1.165) is 47.8 Å². The molecule has 0 saturated heterocycles. The molecule has 1 N–H and O–H groups in total. The zero-order valence-corrected chi connectivity index (χ0v) is 22.0. The molecule has 0 aromatic rings. The molecular weight excluding hydrogens is 467 g/mol. The van der Waals surface area contributed by atoms with Gasteiger partial charge in [0.05, 0.1) is 6.10 Å². The van der Waals surface area contributed by atoms with Crippen molar-refractivity contribution in [3.63, 3.8) is 0 Å². The Labute approximate surface area is 194 Å². The van der Waals surface area contributed by atoms with E-state index in [-0.39, 0.29) is 6.10 Å². The molecule has 10 atom stereocenters. The third-order valence-electron chi connectivity index (χ3n) is 10.8. The van der Waals surface area contributed by atoms with E-state index in [1.54, 1.807) is 0 Å².